The van der Waals surface area contributed by atoms with Crippen LogP contribution in [0.25, 0.3) is 0 Å². The molecular formula is C17H17NO3. The fourth-order valence-corrected chi connectivity index (χ4v) is 2.10. The number of hydrogen-bond donors (Lipinski definition) is 1. The van der Waals surface area contributed by atoms with Gasteiger partial charge in [-0.05, 0) is 24.1 Å². The molecule has 21 heavy (non-hydrogen) atoms. The van der Waals surface area contributed by atoms with Gasteiger partial charge in [0.15, 0.2) is 0 Å². The molecule has 0 aromatic heterocycles. The summed E-state index contributed by atoms with van der Waals surface area (Å²) in [7, 11) is 1.68. The van der Waals surface area contributed by atoms with E-state index in [1.54, 1.807) is 30.1 Å². The summed E-state index contributed by atoms with van der Waals surface area (Å²) >= 11 is 0. The average molecular weight is 283 g/mol. The molecule has 1 amide bonds. The Labute approximate surface area is 123 Å². The molecule has 0 radical (unpaired) electrons. The highest BCUT2D eigenvalue weighted by molar-refractivity contribution is 6.04. The van der Waals surface area contributed by atoms with Crippen molar-refractivity contribution in [2.75, 3.05) is 13.6 Å². The Hall–Kier alpha value is -2.62. The van der Waals surface area contributed by atoms with Crippen LogP contribution in [0.1, 0.15) is 26.3 Å². The lowest BCUT2D eigenvalue weighted by Gasteiger charge is -2.18. The molecule has 0 aliphatic carbocycles. The zero-order valence-corrected chi connectivity index (χ0v) is 11.8. The number of amides is 1. The fraction of sp³-hybridized carbons (Fsp3) is 0.176. The zero-order chi connectivity index (χ0) is 15.2. The van der Waals surface area contributed by atoms with E-state index in [0.29, 0.717) is 6.54 Å². The second-order valence-corrected chi connectivity index (χ2v) is 4.81. The molecule has 2 rings (SSSR count). The molecule has 0 saturated heterocycles. The van der Waals surface area contributed by atoms with E-state index in [1.165, 1.54) is 6.07 Å². The minimum Gasteiger partial charge on any atom is -0.478 e. The van der Waals surface area contributed by atoms with Gasteiger partial charge in [0.2, 0.25) is 0 Å². The third-order valence-electron chi connectivity index (χ3n) is 3.31. The van der Waals surface area contributed by atoms with Crippen LogP contribution in [-0.2, 0) is 6.42 Å². The second-order valence-electron chi connectivity index (χ2n) is 4.81. The summed E-state index contributed by atoms with van der Waals surface area (Å²) in [6, 6.07) is 16.1. The SMILES string of the molecule is CN(CCc1ccccc1)C(=O)c1ccccc1C(=O)O. The molecule has 2 aromatic rings. The molecule has 0 fully saturated rings. The molecule has 0 saturated carbocycles. The monoisotopic (exact) mass is 283 g/mol. The van der Waals surface area contributed by atoms with E-state index in [-0.39, 0.29) is 17.0 Å². The van der Waals surface area contributed by atoms with Gasteiger partial charge >= 0.3 is 5.97 Å². The van der Waals surface area contributed by atoms with Gasteiger partial charge < -0.3 is 10.0 Å². The minimum atomic E-state index is -1.09. The molecule has 0 spiro atoms. The van der Waals surface area contributed by atoms with Crippen LogP contribution >= 0.6 is 0 Å². The maximum Gasteiger partial charge on any atom is 0.336 e. The smallest absolute Gasteiger partial charge is 0.336 e. The Bertz CT molecular complexity index is 637. The largest absolute Gasteiger partial charge is 0.478 e. The van der Waals surface area contributed by atoms with Crippen molar-refractivity contribution in [2.24, 2.45) is 0 Å². The molecule has 0 unspecified atom stereocenters. The lowest BCUT2D eigenvalue weighted by molar-refractivity contribution is 0.0682. The van der Waals surface area contributed by atoms with E-state index >= 15 is 0 Å². The molecule has 4 heteroatoms. The maximum atomic E-state index is 12.4. The summed E-state index contributed by atoms with van der Waals surface area (Å²) in [5.74, 6) is -1.36. The minimum absolute atomic E-state index is 0.0362. The number of carboxylic acids is 1. The normalized spacial score (nSPS) is 10.1. The van der Waals surface area contributed by atoms with Gasteiger partial charge in [0.25, 0.3) is 5.91 Å². The predicted molar refractivity (Wildman–Crippen MR) is 80.5 cm³/mol. The Morgan fingerprint density at radius 2 is 1.52 bits per heavy atom. The van der Waals surface area contributed by atoms with Crippen LogP contribution < -0.4 is 0 Å². The summed E-state index contributed by atoms with van der Waals surface area (Å²) in [5, 5.41) is 9.13. The predicted octanol–water partition coefficient (Wildman–Crippen LogP) is 2.70. The summed E-state index contributed by atoms with van der Waals surface area (Å²) in [4.78, 5) is 25.1. The van der Waals surface area contributed by atoms with Gasteiger partial charge in [0, 0.05) is 13.6 Å². The van der Waals surface area contributed by atoms with Gasteiger partial charge in [0.05, 0.1) is 11.1 Å². The van der Waals surface area contributed by atoms with E-state index in [9.17, 15) is 9.59 Å². The number of carboxylic acid groups (broad SMARTS) is 1. The van der Waals surface area contributed by atoms with Crippen molar-refractivity contribution in [3.63, 3.8) is 0 Å². The molecule has 4 nitrogen and oxygen atoms in total. The Kier molecular flexibility index (Phi) is 4.72. The maximum absolute atomic E-state index is 12.4. The number of carbonyl (C=O) groups excluding carboxylic acids is 1. The van der Waals surface area contributed by atoms with Crippen molar-refractivity contribution in [3.8, 4) is 0 Å². The van der Waals surface area contributed by atoms with Crippen LogP contribution in [0.5, 0.6) is 0 Å². The highest BCUT2D eigenvalue weighted by Gasteiger charge is 2.18. The van der Waals surface area contributed by atoms with Gasteiger partial charge in [-0.25, -0.2) is 4.79 Å². The van der Waals surface area contributed by atoms with Crippen molar-refractivity contribution in [2.45, 2.75) is 6.42 Å². The van der Waals surface area contributed by atoms with Crippen LogP contribution in [0.15, 0.2) is 54.6 Å². The summed E-state index contributed by atoms with van der Waals surface area (Å²) < 4.78 is 0. The number of nitrogens with zero attached hydrogens (tertiary/aromatic N) is 1. The highest BCUT2D eigenvalue weighted by atomic mass is 16.4. The number of hydrogen-bond acceptors (Lipinski definition) is 2. The average Bonchev–Trinajstić information content (AvgIpc) is 2.52. The molecular weight excluding hydrogens is 266 g/mol. The van der Waals surface area contributed by atoms with Crippen LogP contribution in [0, 0.1) is 0 Å². The standard InChI is InChI=1S/C17H17NO3/c1-18(12-11-13-7-3-2-4-8-13)16(19)14-9-5-6-10-15(14)17(20)21/h2-10H,11-12H2,1H3,(H,20,21). The third-order valence-corrected chi connectivity index (χ3v) is 3.31. The van der Waals surface area contributed by atoms with Gasteiger partial charge in [0.1, 0.15) is 0 Å². The first-order chi connectivity index (χ1) is 10.1. The van der Waals surface area contributed by atoms with Gasteiger partial charge in [-0.2, -0.15) is 0 Å². The number of aromatic carboxylic acids is 1. The lowest BCUT2D eigenvalue weighted by Crippen LogP contribution is -2.30. The van der Waals surface area contributed by atoms with E-state index in [2.05, 4.69) is 0 Å². The van der Waals surface area contributed by atoms with Crippen molar-refractivity contribution < 1.29 is 14.7 Å². The van der Waals surface area contributed by atoms with Crippen LogP contribution in [0.2, 0.25) is 0 Å². The number of rotatable bonds is 5. The topological polar surface area (TPSA) is 57.6 Å². The molecule has 108 valence electrons. The van der Waals surface area contributed by atoms with Crippen molar-refractivity contribution in [1.29, 1.82) is 0 Å². The first-order valence-corrected chi connectivity index (χ1v) is 6.71. The third kappa shape index (κ3) is 3.69. The molecule has 0 aliphatic heterocycles. The van der Waals surface area contributed by atoms with Crippen molar-refractivity contribution in [3.05, 3.63) is 71.3 Å². The second kappa shape index (κ2) is 6.70. The first-order valence-electron chi connectivity index (χ1n) is 6.71. The van der Waals surface area contributed by atoms with Crippen molar-refractivity contribution >= 4 is 11.9 Å². The van der Waals surface area contributed by atoms with Gasteiger partial charge in [-0.1, -0.05) is 42.5 Å². The van der Waals surface area contributed by atoms with Crippen LogP contribution in [0.3, 0.4) is 0 Å². The van der Waals surface area contributed by atoms with Gasteiger partial charge in [-0.15, -0.1) is 0 Å². The lowest BCUT2D eigenvalue weighted by atomic mass is 10.1. The molecule has 0 heterocycles. The summed E-state index contributed by atoms with van der Waals surface area (Å²) in [6.07, 6.45) is 0.734. The Balaban J connectivity index is 2.08. The molecule has 0 aliphatic rings. The van der Waals surface area contributed by atoms with E-state index < -0.39 is 5.97 Å². The number of carbonyl (C=O) groups is 2. The van der Waals surface area contributed by atoms with E-state index in [1.807, 2.05) is 30.3 Å². The Morgan fingerprint density at radius 3 is 2.14 bits per heavy atom. The fourth-order valence-electron chi connectivity index (χ4n) is 2.10. The first kappa shape index (κ1) is 14.8. The number of likely N-dealkylation sites (N-methyl/N-ethyl adjacent to an activating group) is 1. The van der Waals surface area contributed by atoms with E-state index in [0.717, 1.165) is 12.0 Å². The molecule has 1 N–H and O–H groups in total. The summed E-state index contributed by atoms with van der Waals surface area (Å²) in [5.41, 5.74) is 1.40. The summed E-state index contributed by atoms with van der Waals surface area (Å²) in [6.45, 7) is 0.538. The Morgan fingerprint density at radius 1 is 0.952 bits per heavy atom. The number of benzene rings is 2. The quantitative estimate of drug-likeness (QED) is 0.918. The van der Waals surface area contributed by atoms with Gasteiger partial charge in [-0.3, -0.25) is 4.79 Å². The van der Waals surface area contributed by atoms with E-state index in [4.69, 9.17) is 5.11 Å². The van der Waals surface area contributed by atoms with Crippen molar-refractivity contribution in [1.82, 2.24) is 4.90 Å². The zero-order valence-electron chi connectivity index (χ0n) is 11.8. The van der Waals surface area contributed by atoms with Crippen LogP contribution in [-0.4, -0.2) is 35.5 Å². The molecule has 2 aromatic carbocycles. The molecule has 0 bridgehead atoms. The highest BCUT2D eigenvalue weighted by Crippen LogP contribution is 2.12. The van der Waals surface area contributed by atoms with Crippen LogP contribution in [0.4, 0.5) is 0 Å². The molecule has 0 atom stereocenters.